The van der Waals surface area contributed by atoms with Gasteiger partial charge in [0.2, 0.25) is 5.91 Å². The number of nitrogens with one attached hydrogen (secondary N) is 2. The van der Waals surface area contributed by atoms with Crippen LogP contribution in [0.25, 0.3) is 0 Å². The highest BCUT2D eigenvalue weighted by Crippen LogP contribution is 2.18. The quantitative estimate of drug-likeness (QED) is 0.795. The molecule has 0 aliphatic heterocycles. The summed E-state index contributed by atoms with van der Waals surface area (Å²) in [6.07, 6.45) is 0. The first-order valence-electron chi connectivity index (χ1n) is 8.95. The molecule has 0 bridgehead atoms. The van der Waals surface area contributed by atoms with Crippen LogP contribution in [0.1, 0.15) is 35.3 Å². The molecule has 26 heavy (non-hydrogen) atoms. The second-order valence-electron chi connectivity index (χ2n) is 6.20. The van der Waals surface area contributed by atoms with Gasteiger partial charge in [-0.25, -0.2) is 0 Å². The Kier molecular flexibility index (Phi) is 6.78. The largest absolute Gasteiger partial charge is 0.376 e. The van der Waals surface area contributed by atoms with E-state index in [9.17, 15) is 9.59 Å². The van der Waals surface area contributed by atoms with Gasteiger partial charge in [-0.2, -0.15) is 0 Å². The average Bonchev–Trinajstić information content (AvgIpc) is 2.65. The number of carbonyl (C=O) groups excluding carboxylic acids is 2. The molecule has 0 atom stereocenters. The minimum atomic E-state index is -0.109. The van der Waals surface area contributed by atoms with E-state index in [1.54, 1.807) is 17.0 Å². The molecule has 0 saturated heterocycles. The molecule has 2 aromatic carbocycles. The van der Waals surface area contributed by atoms with Gasteiger partial charge in [0.05, 0.1) is 6.54 Å². The van der Waals surface area contributed by atoms with Gasteiger partial charge in [-0.15, -0.1) is 0 Å². The summed E-state index contributed by atoms with van der Waals surface area (Å²) in [5.74, 6) is -0.0868. The Balaban J connectivity index is 1.92. The molecule has 138 valence electrons. The predicted octanol–water partition coefficient (Wildman–Crippen LogP) is 3.84. The number of hydrogen-bond donors (Lipinski definition) is 2. The Morgan fingerprint density at radius 3 is 2.23 bits per heavy atom. The fourth-order valence-corrected chi connectivity index (χ4v) is 2.69. The van der Waals surface area contributed by atoms with E-state index in [4.69, 9.17) is 0 Å². The number of carbonyl (C=O) groups is 2. The Labute approximate surface area is 155 Å². The van der Waals surface area contributed by atoms with Gasteiger partial charge in [0.15, 0.2) is 0 Å². The molecule has 0 fully saturated rings. The van der Waals surface area contributed by atoms with Crippen LogP contribution in [0.3, 0.4) is 0 Å². The zero-order chi connectivity index (χ0) is 19.1. The Bertz CT molecular complexity index is 765. The highest BCUT2D eigenvalue weighted by Gasteiger charge is 2.12. The first kappa shape index (κ1) is 19.5. The topological polar surface area (TPSA) is 61.4 Å². The molecule has 0 heterocycles. The fourth-order valence-electron chi connectivity index (χ4n) is 2.69. The molecule has 0 aliphatic carbocycles. The van der Waals surface area contributed by atoms with Crippen molar-refractivity contribution in [3.05, 3.63) is 59.2 Å². The van der Waals surface area contributed by atoms with Crippen molar-refractivity contribution < 1.29 is 9.59 Å². The molecule has 0 radical (unpaired) electrons. The lowest BCUT2D eigenvalue weighted by atomic mass is 10.1. The van der Waals surface area contributed by atoms with Crippen LogP contribution in [0.15, 0.2) is 42.5 Å². The Hall–Kier alpha value is -2.82. The van der Waals surface area contributed by atoms with Crippen LogP contribution in [-0.2, 0) is 4.79 Å². The molecular formula is C21H27N3O2. The van der Waals surface area contributed by atoms with Crippen molar-refractivity contribution in [2.45, 2.75) is 27.7 Å². The van der Waals surface area contributed by atoms with Crippen LogP contribution in [0.4, 0.5) is 11.4 Å². The van der Waals surface area contributed by atoms with Crippen LogP contribution in [0, 0.1) is 13.8 Å². The van der Waals surface area contributed by atoms with Crippen molar-refractivity contribution in [2.24, 2.45) is 0 Å². The number of nitrogens with zero attached hydrogens (tertiary/aromatic N) is 1. The van der Waals surface area contributed by atoms with E-state index in [-0.39, 0.29) is 18.4 Å². The normalized spacial score (nSPS) is 10.3. The van der Waals surface area contributed by atoms with Crippen molar-refractivity contribution in [3.63, 3.8) is 0 Å². The van der Waals surface area contributed by atoms with Crippen molar-refractivity contribution in [1.82, 2.24) is 4.90 Å². The summed E-state index contributed by atoms with van der Waals surface area (Å²) in [6, 6.07) is 13.1. The third-order valence-electron chi connectivity index (χ3n) is 4.51. The maximum atomic E-state index is 12.3. The third kappa shape index (κ3) is 4.85. The van der Waals surface area contributed by atoms with Crippen LogP contribution in [-0.4, -0.2) is 36.3 Å². The lowest BCUT2D eigenvalue weighted by Crippen LogP contribution is -2.30. The first-order valence-corrected chi connectivity index (χ1v) is 8.95. The minimum absolute atomic E-state index is 0.0224. The van der Waals surface area contributed by atoms with Gasteiger partial charge in [-0.3, -0.25) is 9.59 Å². The van der Waals surface area contributed by atoms with Gasteiger partial charge >= 0.3 is 0 Å². The zero-order valence-corrected chi connectivity index (χ0v) is 15.9. The molecule has 2 aromatic rings. The first-order chi connectivity index (χ1) is 12.5. The molecule has 2 amide bonds. The van der Waals surface area contributed by atoms with Gasteiger partial charge in [-0.1, -0.05) is 12.1 Å². The van der Waals surface area contributed by atoms with Crippen LogP contribution >= 0.6 is 0 Å². The van der Waals surface area contributed by atoms with E-state index in [1.165, 1.54) is 0 Å². The lowest BCUT2D eigenvalue weighted by Gasteiger charge is -2.18. The van der Waals surface area contributed by atoms with Crippen molar-refractivity contribution in [3.8, 4) is 0 Å². The van der Waals surface area contributed by atoms with E-state index in [0.29, 0.717) is 18.7 Å². The summed E-state index contributed by atoms with van der Waals surface area (Å²) < 4.78 is 0. The highest BCUT2D eigenvalue weighted by atomic mass is 16.2. The van der Waals surface area contributed by atoms with Gasteiger partial charge in [0.25, 0.3) is 5.91 Å². The Morgan fingerprint density at radius 1 is 0.962 bits per heavy atom. The summed E-state index contributed by atoms with van der Waals surface area (Å²) >= 11 is 0. The van der Waals surface area contributed by atoms with E-state index >= 15 is 0 Å². The van der Waals surface area contributed by atoms with Crippen molar-refractivity contribution in [2.75, 3.05) is 30.3 Å². The van der Waals surface area contributed by atoms with E-state index in [1.807, 2.05) is 58.0 Å². The smallest absolute Gasteiger partial charge is 0.253 e. The number of amides is 2. The number of benzene rings is 2. The zero-order valence-electron chi connectivity index (χ0n) is 15.9. The predicted molar refractivity (Wildman–Crippen MR) is 107 cm³/mol. The fraction of sp³-hybridized carbons (Fsp3) is 0.333. The van der Waals surface area contributed by atoms with Gasteiger partial charge in [-0.05, 0) is 69.2 Å². The van der Waals surface area contributed by atoms with Crippen LogP contribution < -0.4 is 10.6 Å². The van der Waals surface area contributed by atoms with Crippen molar-refractivity contribution in [1.29, 1.82) is 0 Å². The third-order valence-corrected chi connectivity index (χ3v) is 4.51. The number of hydrogen-bond acceptors (Lipinski definition) is 3. The minimum Gasteiger partial charge on any atom is -0.376 e. The molecule has 2 rings (SSSR count). The summed E-state index contributed by atoms with van der Waals surface area (Å²) in [5, 5.41) is 6.00. The van der Waals surface area contributed by atoms with Crippen LogP contribution in [0.2, 0.25) is 0 Å². The summed E-state index contributed by atoms with van der Waals surface area (Å²) in [5.41, 5.74) is 4.50. The summed E-state index contributed by atoms with van der Waals surface area (Å²) in [6.45, 7) is 9.48. The Morgan fingerprint density at radius 2 is 1.62 bits per heavy atom. The molecule has 0 unspecified atom stereocenters. The number of rotatable bonds is 7. The molecule has 2 N–H and O–H groups in total. The van der Waals surface area contributed by atoms with Gasteiger partial charge in [0, 0.05) is 30.0 Å². The highest BCUT2D eigenvalue weighted by molar-refractivity contribution is 5.95. The molecule has 5 nitrogen and oxygen atoms in total. The molecular weight excluding hydrogens is 326 g/mol. The van der Waals surface area contributed by atoms with Crippen LogP contribution in [0.5, 0.6) is 0 Å². The monoisotopic (exact) mass is 353 g/mol. The molecule has 0 aliphatic rings. The van der Waals surface area contributed by atoms with E-state index in [2.05, 4.69) is 10.6 Å². The SMILES string of the molecule is CCN(CC)C(=O)c1ccc(NCC(=O)Nc2cccc(C)c2C)cc1. The maximum Gasteiger partial charge on any atom is 0.253 e. The van der Waals surface area contributed by atoms with Gasteiger partial charge in [0.1, 0.15) is 0 Å². The molecule has 0 spiro atoms. The number of aryl methyl sites for hydroxylation is 1. The van der Waals surface area contributed by atoms with Gasteiger partial charge < -0.3 is 15.5 Å². The maximum absolute atomic E-state index is 12.3. The van der Waals surface area contributed by atoms with E-state index < -0.39 is 0 Å². The second kappa shape index (κ2) is 9.04. The average molecular weight is 353 g/mol. The summed E-state index contributed by atoms with van der Waals surface area (Å²) in [7, 11) is 0. The lowest BCUT2D eigenvalue weighted by molar-refractivity contribution is -0.114. The number of anilines is 2. The second-order valence-corrected chi connectivity index (χ2v) is 6.20. The molecule has 5 heteroatoms. The van der Waals surface area contributed by atoms with E-state index in [0.717, 1.165) is 22.5 Å². The molecule has 0 aromatic heterocycles. The summed E-state index contributed by atoms with van der Waals surface area (Å²) in [4.78, 5) is 26.2. The molecule has 0 saturated carbocycles. The standard InChI is InChI=1S/C21H27N3O2/c1-5-24(6-2)21(26)17-10-12-18(13-11-17)22-14-20(25)23-19-9-7-8-15(3)16(19)4/h7-13,22H,5-6,14H2,1-4H3,(H,23,25). The van der Waals surface area contributed by atoms with Crippen molar-refractivity contribution >= 4 is 23.2 Å².